The molecule has 0 spiro atoms. The average molecular weight is 300 g/mol. The zero-order valence-corrected chi connectivity index (χ0v) is 13.4. The Kier molecular flexibility index (Phi) is 7.50. The number of amides is 2. The predicted molar refractivity (Wildman–Crippen MR) is 80.3 cm³/mol. The molecule has 21 heavy (non-hydrogen) atoms. The molecule has 1 rings (SSSR count). The van der Waals surface area contributed by atoms with E-state index in [1.807, 2.05) is 23.6 Å². The smallest absolute Gasteiger partial charge is 0.320 e. The molecular formula is C15H28N2O4. The molecule has 0 aromatic carbocycles. The second-order valence-electron chi connectivity index (χ2n) is 5.76. The van der Waals surface area contributed by atoms with Crippen molar-refractivity contribution in [1.82, 2.24) is 9.80 Å². The number of rotatable bonds is 7. The van der Waals surface area contributed by atoms with Crippen LogP contribution in [0, 0.1) is 5.92 Å². The van der Waals surface area contributed by atoms with Gasteiger partial charge in [0.2, 0.25) is 0 Å². The first-order chi connectivity index (χ1) is 9.99. The van der Waals surface area contributed by atoms with Crippen molar-refractivity contribution in [1.29, 1.82) is 0 Å². The number of nitrogens with zero attached hydrogens (tertiary/aromatic N) is 2. The Morgan fingerprint density at radius 1 is 1.48 bits per heavy atom. The zero-order valence-electron chi connectivity index (χ0n) is 13.4. The van der Waals surface area contributed by atoms with Gasteiger partial charge >= 0.3 is 12.0 Å². The van der Waals surface area contributed by atoms with E-state index in [9.17, 15) is 9.59 Å². The number of hydrogen-bond donors (Lipinski definition) is 1. The highest BCUT2D eigenvalue weighted by Gasteiger charge is 2.28. The summed E-state index contributed by atoms with van der Waals surface area (Å²) in [4.78, 5) is 27.0. The summed E-state index contributed by atoms with van der Waals surface area (Å²) in [5.74, 6) is -0.461. The number of urea groups is 1. The molecule has 1 N–H and O–H groups in total. The number of aliphatic carboxylic acids is 1. The van der Waals surface area contributed by atoms with Gasteiger partial charge in [-0.2, -0.15) is 0 Å². The summed E-state index contributed by atoms with van der Waals surface area (Å²) in [6.07, 6.45) is 2.80. The van der Waals surface area contributed by atoms with E-state index in [0.717, 1.165) is 19.4 Å². The molecule has 2 amide bonds. The van der Waals surface area contributed by atoms with Crippen LogP contribution in [0.5, 0.6) is 0 Å². The van der Waals surface area contributed by atoms with Crippen molar-refractivity contribution in [3.8, 4) is 0 Å². The lowest BCUT2D eigenvalue weighted by molar-refractivity contribution is -0.137. The Morgan fingerprint density at radius 3 is 2.76 bits per heavy atom. The number of carboxylic acids is 1. The number of likely N-dealkylation sites (N-methyl/N-ethyl adjacent to an activating group) is 1. The molecule has 1 saturated heterocycles. The van der Waals surface area contributed by atoms with Crippen molar-refractivity contribution in [2.45, 2.75) is 45.6 Å². The van der Waals surface area contributed by atoms with Gasteiger partial charge in [-0.15, -0.1) is 0 Å². The fraction of sp³-hybridized carbons (Fsp3) is 0.867. The van der Waals surface area contributed by atoms with Gasteiger partial charge in [0.25, 0.3) is 0 Å². The zero-order chi connectivity index (χ0) is 15.8. The summed E-state index contributed by atoms with van der Waals surface area (Å²) in [7, 11) is 1.64. The van der Waals surface area contributed by atoms with Crippen LogP contribution in [0.2, 0.25) is 0 Å². The molecule has 0 aromatic rings. The standard InChI is InChI=1S/C15H28N2O4/c1-4-17(12(2)11-21-3)15(20)16-9-5-6-13(10-16)7-8-14(18)19/h12-13H,4-11H2,1-3H3,(H,18,19). The molecule has 0 aromatic heterocycles. The normalized spacial score (nSPS) is 20.1. The minimum Gasteiger partial charge on any atom is -0.481 e. The van der Waals surface area contributed by atoms with Crippen molar-refractivity contribution in [3.05, 3.63) is 0 Å². The fourth-order valence-corrected chi connectivity index (χ4v) is 2.95. The molecule has 6 nitrogen and oxygen atoms in total. The van der Waals surface area contributed by atoms with Gasteiger partial charge < -0.3 is 19.6 Å². The summed E-state index contributed by atoms with van der Waals surface area (Å²) in [5, 5.41) is 8.77. The first kappa shape index (κ1) is 17.8. The van der Waals surface area contributed by atoms with Gasteiger partial charge in [-0.3, -0.25) is 4.79 Å². The number of ether oxygens (including phenoxy) is 1. The summed E-state index contributed by atoms with van der Waals surface area (Å²) >= 11 is 0. The molecule has 1 fully saturated rings. The van der Waals surface area contributed by atoms with Crippen molar-refractivity contribution >= 4 is 12.0 Å². The van der Waals surface area contributed by atoms with Crippen LogP contribution in [-0.4, -0.2) is 66.3 Å². The average Bonchev–Trinajstić information content (AvgIpc) is 2.46. The molecule has 0 saturated carbocycles. The Morgan fingerprint density at radius 2 is 2.19 bits per heavy atom. The van der Waals surface area contributed by atoms with Crippen LogP contribution >= 0.6 is 0 Å². The minimum absolute atomic E-state index is 0.0436. The fourth-order valence-electron chi connectivity index (χ4n) is 2.95. The summed E-state index contributed by atoms with van der Waals surface area (Å²) in [6.45, 7) is 6.56. The van der Waals surface area contributed by atoms with Crippen molar-refractivity contribution in [2.24, 2.45) is 5.92 Å². The molecule has 2 atom stereocenters. The number of carboxylic acid groups (broad SMARTS) is 1. The SMILES string of the molecule is CCN(C(=O)N1CCCC(CCC(=O)O)C1)C(C)COC. The lowest BCUT2D eigenvalue weighted by atomic mass is 9.93. The van der Waals surface area contributed by atoms with Gasteiger partial charge in [-0.05, 0) is 39.0 Å². The van der Waals surface area contributed by atoms with Crippen LogP contribution in [0.4, 0.5) is 4.79 Å². The molecule has 1 aliphatic heterocycles. The van der Waals surface area contributed by atoms with Crippen LogP contribution in [0.15, 0.2) is 0 Å². The van der Waals surface area contributed by atoms with Crippen LogP contribution < -0.4 is 0 Å². The molecule has 1 heterocycles. The van der Waals surface area contributed by atoms with Crippen LogP contribution in [0.1, 0.15) is 39.5 Å². The first-order valence-corrected chi connectivity index (χ1v) is 7.75. The summed E-state index contributed by atoms with van der Waals surface area (Å²) in [6, 6.07) is 0.0916. The van der Waals surface area contributed by atoms with E-state index in [2.05, 4.69) is 0 Å². The van der Waals surface area contributed by atoms with Gasteiger partial charge in [0.1, 0.15) is 0 Å². The molecule has 0 radical (unpaired) electrons. The van der Waals surface area contributed by atoms with Gasteiger partial charge in [0.15, 0.2) is 0 Å². The lowest BCUT2D eigenvalue weighted by Crippen LogP contribution is -2.51. The van der Waals surface area contributed by atoms with E-state index in [-0.39, 0.29) is 18.5 Å². The molecule has 1 aliphatic rings. The van der Waals surface area contributed by atoms with E-state index in [1.54, 1.807) is 7.11 Å². The maximum Gasteiger partial charge on any atom is 0.320 e. The van der Waals surface area contributed by atoms with E-state index < -0.39 is 5.97 Å². The quantitative estimate of drug-likeness (QED) is 0.781. The summed E-state index contributed by atoms with van der Waals surface area (Å²) in [5.41, 5.74) is 0. The molecule has 2 unspecified atom stereocenters. The lowest BCUT2D eigenvalue weighted by Gasteiger charge is -2.38. The second-order valence-corrected chi connectivity index (χ2v) is 5.76. The largest absolute Gasteiger partial charge is 0.481 e. The number of likely N-dealkylation sites (tertiary alicyclic amines) is 1. The third-order valence-electron chi connectivity index (χ3n) is 4.08. The monoisotopic (exact) mass is 300 g/mol. The third kappa shape index (κ3) is 5.53. The van der Waals surface area contributed by atoms with Crippen molar-refractivity contribution < 1.29 is 19.4 Å². The maximum atomic E-state index is 12.6. The Labute approximate surface area is 127 Å². The molecular weight excluding hydrogens is 272 g/mol. The Balaban J connectivity index is 2.57. The van der Waals surface area contributed by atoms with E-state index in [1.165, 1.54) is 0 Å². The van der Waals surface area contributed by atoms with Crippen molar-refractivity contribution in [2.75, 3.05) is 33.4 Å². The first-order valence-electron chi connectivity index (χ1n) is 7.75. The van der Waals surface area contributed by atoms with E-state index in [4.69, 9.17) is 9.84 Å². The molecule has 122 valence electrons. The molecule has 6 heteroatoms. The van der Waals surface area contributed by atoms with Gasteiger partial charge in [0, 0.05) is 33.2 Å². The Bertz CT molecular complexity index is 349. The molecule has 0 aliphatic carbocycles. The second kappa shape index (κ2) is 8.87. The van der Waals surface area contributed by atoms with E-state index in [0.29, 0.717) is 32.0 Å². The number of piperidine rings is 1. The third-order valence-corrected chi connectivity index (χ3v) is 4.08. The Hall–Kier alpha value is -1.30. The maximum absolute atomic E-state index is 12.6. The topological polar surface area (TPSA) is 70.1 Å². The highest BCUT2D eigenvalue weighted by Crippen LogP contribution is 2.22. The highest BCUT2D eigenvalue weighted by molar-refractivity contribution is 5.75. The van der Waals surface area contributed by atoms with Gasteiger partial charge in [0.05, 0.1) is 12.6 Å². The predicted octanol–water partition coefficient (Wildman–Crippen LogP) is 2.04. The number of hydrogen-bond acceptors (Lipinski definition) is 3. The number of methoxy groups -OCH3 is 1. The molecule has 0 bridgehead atoms. The van der Waals surface area contributed by atoms with E-state index >= 15 is 0 Å². The minimum atomic E-state index is -0.762. The van der Waals surface area contributed by atoms with Crippen LogP contribution in [-0.2, 0) is 9.53 Å². The van der Waals surface area contributed by atoms with Crippen molar-refractivity contribution in [3.63, 3.8) is 0 Å². The number of carbonyl (C=O) groups excluding carboxylic acids is 1. The van der Waals surface area contributed by atoms with Crippen LogP contribution in [0.25, 0.3) is 0 Å². The number of carbonyl (C=O) groups is 2. The van der Waals surface area contributed by atoms with Gasteiger partial charge in [-0.25, -0.2) is 4.79 Å². The van der Waals surface area contributed by atoms with Crippen LogP contribution in [0.3, 0.4) is 0 Å². The highest BCUT2D eigenvalue weighted by atomic mass is 16.5. The van der Waals surface area contributed by atoms with Gasteiger partial charge in [-0.1, -0.05) is 0 Å². The summed E-state index contributed by atoms with van der Waals surface area (Å²) < 4.78 is 5.13.